The molecule has 0 heterocycles. The standard InChI is InChI=1S/C25H50NO3.ClH/c1-5-6-7-8-9-10-11-12-13-14-15-16-17-18-19-20-25(27)29-24-23-28-22-21-26(2,3)4;/h12-13H,5-11,14-24H2,1-4H3;1H/q+1;/p-1. The third-order valence-electron chi connectivity index (χ3n) is 5.04. The van der Waals surface area contributed by atoms with Gasteiger partial charge in [0.05, 0.1) is 34.4 Å². The van der Waals surface area contributed by atoms with Gasteiger partial charge >= 0.3 is 5.97 Å². The second kappa shape index (κ2) is 23.1. The van der Waals surface area contributed by atoms with Gasteiger partial charge in [-0.1, -0.05) is 70.4 Å². The summed E-state index contributed by atoms with van der Waals surface area (Å²) < 4.78 is 11.6. The van der Waals surface area contributed by atoms with Crippen molar-refractivity contribution in [1.82, 2.24) is 0 Å². The van der Waals surface area contributed by atoms with Gasteiger partial charge in [-0.05, 0) is 32.1 Å². The number of likely N-dealkylation sites (N-methyl/N-ethyl adjacent to an activating group) is 1. The molecule has 0 bridgehead atoms. The van der Waals surface area contributed by atoms with Gasteiger partial charge in [0.15, 0.2) is 0 Å². The molecule has 0 saturated heterocycles. The summed E-state index contributed by atoms with van der Waals surface area (Å²) in [6, 6.07) is 0. The minimum atomic E-state index is -0.0853. The third kappa shape index (κ3) is 27.4. The van der Waals surface area contributed by atoms with Gasteiger partial charge in [-0.15, -0.1) is 0 Å². The molecule has 0 radical (unpaired) electrons. The van der Waals surface area contributed by atoms with E-state index in [0.717, 1.165) is 23.9 Å². The molecule has 0 aliphatic carbocycles. The molecule has 0 spiro atoms. The number of hydrogen-bond donors (Lipinski definition) is 0. The highest BCUT2D eigenvalue weighted by atomic mass is 35.5. The van der Waals surface area contributed by atoms with Crippen LogP contribution in [-0.2, 0) is 14.3 Å². The van der Waals surface area contributed by atoms with E-state index in [9.17, 15) is 4.79 Å². The Morgan fingerprint density at radius 1 is 0.733 bits per heavy atom. The van der Waals surface area contributed by atoms with E-state index < -0.39 is 0 Å². The summed E-state index contributed by atoms with van der Waals surface area (Å²) in [5, 5.41) is 0. The van der Waals surface area contributed by atoms with Crippen LogP contribution in [0, 0.1) is 0 Å². The summed E-state index contributed by atoms with van der Waals surface area (Å²) in [5.74, 6) is -0.0853. The second-order valence-electron chi connectivity index (χ2n) is 9.18. The van der Waals surface area contributed by atoms with E-state index >= 15 is 0 Å². The zero-order valence-electron chi connectivity index (χ0n) is 20.4. The SMILES string of the molecule is CCCCCCCCC=CCCCCCCCC(=O)OCCOCC[N+](C)(C)C.[Cl-]. The summed E-state index contributed by atoms with van der Waals surface area (Å²) in [5.41, 5.74) is 0. The van der Waals surface area contributed by atoms with Gasteiger partial charge in [0.2, 0.25) is 0 Å². The average molecular weight is 448 g/mol. The average Bonchev–Trinajstić information content (AvgIpc) is 2.66. The predicted molar refractivity (Wildman–Crippen MR) is 124 cm³/mol. The molecular weight excluding hydrogens is 398 g/mol. The van der Waals surface area contributed by atoms with E-state index in [4.69, 9.17) is 9.47 Å². The van der Waals surface area contributed by atoms with Gasteiger partial charge in [0.1, 0.15) is 13.2 Å². The van der Waals surface area contributed by atoms with Crippen LogP contribution in [0.4, 0.5) is 0 Å². The van der Waals surface area contributed by atoms with Crippen LogP contribution < -0.4 is 12.4 Å². The largest absolute Gasteiger partial charge is 1.00 e. The Hall–Kier alpha value is -0.580. The van der Waals surface area contributed by atoms with Crippen molar-refractivity contribution in [2.45, 2.75) is 96.8 Å². The van der Waals surface area contributed by atoms with Crippen LogP contribution in [0.15, 0.2) is 12.2 Å². The van der Waals surface area contributed by atoms with Crippen molar-refractivity contribution in [1.29, 1.82) is 0 Å². The van der Waals surface area contributed by atoms with Gasteiger partial charge in [0, 0.05) is 6.42 Å². The number of unbranched alkanes of at least 4 members (excludes halogenated alkanes) is 11. The monoisotopic (exact) mass is 447 g/mol. The molecule has 0 rings (SSSR count). The number of hydrogen-bond acceptors (Lipinski definition) is 3. The summed E-state index contributed by atoms with van der Waals surface area (Å²) in [6.07, 6.45) is 21.8. The lowest BCUT2D eigenvalue weighted by Gasteiger charge is -2.23. The van der Waals surface area contributed by atoms with Crippen LogP contribution in [0.25, 0.3) is 0 Å². The van der Waals surface area contributed by atoms with Crippen molar-refractivity contribution in [3.63, 3.8) is 0 Å². The molecule has 4 nitrogen and oxygen atoms in total. The lowest BCUT2D eigenvalue weighted by Crippen LogP contribution is -3.00. The molecule has 0 saturated carbocycles. The lowest BCUT2D eigenvalue weighted by atomic mass is 10.1. The first-order valence-corrected chi connectivity index (χ1v) is 12.1. The molecule has 0 N–H and O–H groups in total. The van der Waals surface area contributed by atoms with Crippen LogP contribution in [0.5, 0.6) is 0 Å². The smallest absolute Gasteiger partial charge is 0.305 e. The van der Waals surface area contributed by atoms with Crippen LogP contribution in [0.3, 0.4) is 0 Å². The third-order valence-corrected chi connectivity index (χ3v) is 5.04. The number of rotatable bonds is 21. The quantitative estimate of drug-likeness (QED) is 0.117. The second-order valence-corrected chi connectivity index (χ2v) is 9.18. The number of carbonyl (C=O) groups is 1. The minimum absolute atomic E-state index is 0. The van der Waals surface area contributed by atoms with E-state index in [-0.39, 0.29) is 18.4 Å². The normalized spacial score (nSPS) is 11.6. The van der Waals surface area contributed by atoms with Crippen LogP contribution in [-0.4, -0.2) is 58.0 Å². The number of nitrogens with zero attached hydrogens (tertiary/aromatic N) is 1. The summed E-state index contributed by atoms with van der Waals surface area (Å²) >= 11 is 0. The molecule has 0 fully saturated rings. The lowest BCUT2D eigenvalue weighted by molar-refractivity contribution is -0.870. The fourth-order valence-electron chi connectivity index (χ4n) is 3.07. The first kappa shape index (κ1) is 31.6. The number of allylic oxidation sites excluding steroid dienone is 2. The van der Waals surface area contributed by atoms with Gasteiger partial charge in [-0.2, -0.15) is 0 Å². The van der Waals surface area contributed by atoms with Crippen molar-refractivity contribution in [2.75, 3.05) is 47.5 Å². The molecule has 0 aromatic carbocycles. The van der Waals surface area contributed by atoms with E-state index in [0.29, 0.717) is 26.2 Å². The Kier molecular flexibility index (Phi) is 24.3. The maximum atomic E-state index is 11.7. The van der Waals surface area contributed by atoms with E-state index in [1.807, 2.05) is 0 Å². The summed E-state index contributed by atoms with van der Waals surface area (Å²) in [4.78, 5) is 11.7. The van der Waals surface area contributed by atoms with Crippen molar-refractivity contribution >= 4 is 5.97 Å². The van der Waals surface area contributed by atoms with Crippen LogP contribution in [0.2, 0.25) is 0 Å². The van der Waals surface area contributed by atoms with Crippen LogP contribution in [0.1, 0.15) is 96.8 Å². The number of ether oxygens (including phenoxy) is 2. The van der Waals surface area contributed by atoms with Gasteiger partial charge < -0.3 is 26.4 Å². The molecule has 0 aromatic rings. The number of esters is 1. The molecule has 5 heteroatoms. The number of quaternary nitrogens is 1. The Morgan fingerprint density at radius 3 is 1.83 bits per heavy atom. The Bertz CT molecular complexity index is 394. The van der Waals surface area contributed by atoms with Crippen molar-refractivity contribution in [3.8, 4) is 0 Å². The first-order chi connectivity index (χ1) is 14.0. The highest BCUT2D eigenvalue weighted by Crippen LogP contribution is 2.10. The van der Waals surface area contributed by atoms with E-state index in [1.54, 1.807) is 0 Å². The highest BCUT2D eigenvalue weighted by molar-refractivity contribution is 5.69. The zero-order valence-corrected chi connectivity index (χ0v) is 21.2. The van der Waals surface area contributed by atoms with Crippen LogP contribution >= 0.6 is 0 Å². The van der Waals surface area contributed by atoms with Crippen molar-refractivity contribution in [2.24, 2.45) is 0 Å². The maximum absolute atomic E-state index is 11.7. The van der Waals surface area contributed by atoms with Gasteiger partial charge in [0.25, 0.3) is 0 Å². The molecule has 0 aliphatic heterocycles. The molecule has 0 atom stereocenters. The maximum Gasteiger partial charge on any atom is 0.305 e. The molecule has 30 heavy (non-hydrogen) atoms. The van der Waals surface area contributed by atoms with Gasteiger partial charge in [-0.25, -0.2) is 0 Å². The van der Waals surface area contributed by atoms with E-state index in [1.165, 1.54) is 70.6 Å². The zero-order chi connectivity index (χ0) is 21.6. The molecule has 180 valence electrons. The number of halogens is 1. The molecule has 0 amide bonds. The summed E-state index contributed by atoms with van der Waals surface area (Å²) in [7, 11) is 6.41. The fourth-order valence-corrected chi connectivity index (χ4v) is 3.07. The molecule has 0 aromatic heterocycles. The topological polar surface area (TPSA) is 35.5 Å². The Balaban J connectivity index is 0. The van der Waals surface area contributed by atoms with E-state index in [2.05, 4.69) is 40.2 Å². The number of carbonyl (C=O) groups excluding carboxylic acids is 1. The molecular formula is C25H50ClNO3. The highest BCUT2D eigenvalue weighted by Gasteiger charge is 2.06. The fraction of sp³-hybridized carbons (Fsp3) is 0.880. The Morgan fingerprint density at radius 2 is 1.27 bits per heavy atom. The predicted octanol–water partition coefficient (Wildman–Crippen LogP) is 3.29. The van der Waals surface area contributed by atoms with Gasteiger partial charge in [-0.3, -0.25) is 4.79 Å². The summed E-state index contributed by atoms with van der Waals surface area (Å²) in [6.45, 7) is 4.81. The molecule has 0 unspecified atom stereocenters. The first-order valence-electron chi connectivity index (χ1n) is 12.1. The Labute approximate surface area is 193 Å². The molecule has 0 aliphatic rings. The van der Waals surface area contributed by atoms with Crippen molar-refractivity contribution < 1.29 is 31.2 Å². The van der Waals surface area contributed by atoms with Crippen molar-refractivity contribution in [3.05, 3.63) is 12.2 Å². The minimum Gasteiger partial charge on any atom is -1.00 e.